The zero-order chi connectivity index (χ0) is 22.5. The zero-order valence-electron chi connectivity index (χ0n) is 18.8. The number of carbonyl (C=O) groups is 2. The summed E-state index contributed by atoms with van der Waals surface area (Å²) in [5.41, 5.74) is 3.55. The Labute approximate surface area is 181 Å². The highest BCUT2D eigenvalue weighted by molar-refractivity contribution is 5.81. The monoisotopic (exact) mass is 426 g/mol. The summed E-state index contributed by atoms with van der Waals surface area (Å²) in [5, 5.41) is 0. The van der Waals surface area contributed by atoms with Crippen molar-refractivity contribution in [3.8, 4) is 0 Å². The van der Waals surface area contributed by atoms with Crippen LogP contribution in [0, 0.1) is 17.3 Å². The summed E-state index contributed by atoms with van der Waals surface area (Å²) < 4.78 is 8.26. The van der Waals surface area contributed by atoms with Crippen LogP contribution in [0.4, 0.5) is 0 Å². The summed E-state index contributed by atoms with van der Waals surface area (Å²) in [7, 11) is 1.77. The van der Waals surface area contributed by atoms with Gasteiger partial charge in [-0.25, -0.2) is 9.78 Å². The molecule has 0 saturated carbocycles. The van der Waals surface area contributed by atoms with E-state index in [1.54, 1.807) is 21.1 Å². The summed E-state index contributed by atoms with van der Waals surface area (Å²) >= 11 is 0. The first kappa shape index (κ1) is 21.3. The molecule has 1 saturated heterocycles. The molecule has 1 fully saturated rings. The molecule has 31 heavy (non-hydrogen) atoms. The number of allylic oxidation sites excluding steroid dienone is 1. The van der Waals surface area contributed by atoms with E-state index in [0.717, 1.165) is 17.6 Å². The van der Waals surface area contributed by atoms with Gasteiger partial charge in [0.05, 0.1) is 11.2 Å². The Hall–Kier alpha value is -2.90. The highest BCUT2D eigenvalue weighted by atomic mass is 16.5. The van der Waals surface area contributed by atoms with Gasteiger partial charge in [0.1, 0.15) is 0 Å². The van der Waals surface area contributed by atoms with Crippen molar-refractivity contribution in [3.05, 3.63) is 34.4 Å². The topological polar surface area (TPSA) is 86.4 Å². The van der Waals surface area contributed by atoms with E-state index >= 15 is 0 Å². The Balaban J connectivity index is 1.54. The minimum absolute atomic E-state index is 0.0129. The molecule has 2 aliphatic rings. The Morgan fingerprint density at radius 2 is 1.97 bits per heavy atom. The summed E-state index contributed by atoms with van der Waals surface area (Å²) in [6.07, 6.45) is 3.05. The van der Waals surface area contributed by atoms with Crippen molar-refractivity contribution in [1.82, 2.24) is 19.0 Å². The number of rotatable bonds is 4. The molecule has 0 radical (unpaired) electrons. The molecule has 0 aromatic carbocycles. The van der Waals surface area contributed by atoms with Crippen molar-refractivity contribution in [2.24, 2.45) is 24.3 Å². The summed E-state index contributed by atoms with van der Waals surface area (Å²) in [4.78, 5) is 42.5. The molecule has 8 heteroatoms. The number of fused-ring (bicyclic) bond motifs is 2. The molecule has 2 atom stereocenters. The molecule has 8 nitrogen and oxygen atoms in total. The van der Waals surface area contributed by atoms with Crippen molar-refractivity contribution in [1.29, 1.82) is 0 Å². The minimum atomic E-state index is -0.442. The normalized spacial score (nSPS) is 20.8. The maximum Gasteiger partial charge on any atom is 0.330 e. The molecule has 166 valence electrons. The van der Waals surface area contributed by atoms with Crippen LogP contribution in [0.3, 0.4) is 0 Å². The Bertz CT molecular complexity index is 1130. The molecule has 0 spiro atoms. The third-order valence-electron chi connectivity index (χ3n) is 6.08. The fraction of sp³-hybridized carbons (Fsp3) is 0.565. The molecular weight excluding hydrogens is 396 g/mol. The standard InChI is InChI=1S/C23H30N4O4/c1-14(28)31-12-20(29)26-10-16-8-15(9-17(16)11-26)18-6-7-19-21(24-18)25(5)22(30)27(19)13-23(2,3)4/h6-8,16-17H,9-13H2,1-5H3. The van der Waals surface area contributed by atoms with Gasteiger partial charge in [-0.3, -0.25) is 18.7 Å². The molecule has 2 unspecified atom stereocenters. The number of imidazole rings is 1. The lowest BCUT2D eigenvalue weighted by Gasteiger charge is -2.18. The molecule has 1 amide bonds. The van der Waals surface area contributed by atoms with Gasteiger partial charge in [-0.15, -0.1) is 0 Å². The van der Waals surface area contributed by atoms with Gasteiger partial charge in [-0.1, -0.05) is 26.8 Å². The molecule has 3 heterocycles. The van der Waals surface area contributed by atoms with Gasteiger partial charge in [-0.05, 0) is 41.4 Å². The molecule has 0 bridgehead atoms. The van der Waals surface area contributed by atoms with Crippen LogP contribution in [-0.2, 0) is 27.9 Å². The van der Waals surface area contributed by atoms with E-state index in [0.29, 0.717) is 31.2 Å². The Morgan fingerprint density at radius 1 is 1.23 bits per heavy atom. The van der Waals surface area contributed by atoms with Crippen molar-refractivity contribution < 1.29 is 14.3 Å². The van der Waals surface area contributed by atoms with Crippen LogP contribution in [0.5, 0.6) is 0 Å². The van der Waals surface area contributed by atoms with Crippen molar-refractivity contribution in [2.75, 3.05) is 19.7 Å². The van der Waals surface area contributed by atoms with Gasteiger partial charge in [0.25, 0.3) is 5.91 Å². The molecular formula is C23H30N4O4. The average molecular weight is 427 g/mol. The number of hydrogen-bond acceptors (Lipinski definition) is 5. The van der Waals surface area contributed by atoms with E-state index in [1.165, 1.54) is 12.5 Å². The molecule has 1 aliphatic heterocycles. The van der Waals surface area contributed by atoms with Crippen LogP contribution in [0.25, 0.3) is 16.7 Å². The van der Waals surface area contributed by atoms with E-state index in [1.807, 2.05) is 12.1 Å². The minimum Gasteiger partial charge on any atom is -0.456 e. The fourth-order valence-electron chi connectivity index (χ4n) is 4.64. The molecule has 2 aromatic rings. The first-order chi connectivity index (χ1) is 14.5. The molecule has 1 aliphatic carbocycles. The lowest BCUT2D eigenvalue weighted by atomic mass is 9.97. The fourth-order valence-corrected chi connectivity index (χ4v) is 4.64. The van der Waals surface area contributed by atoms with E-state index in [4.69, 9.17) is 9.72 Å². The number of aryl methyl sites for hydroxylation is 1. The number of esters is 1. The predicted octanol–water partition coefficient (Wildman–Crippen LogP) is 2.21. The molecule has 0 N–H and O–H groups in total. The SMILES string of the molecule is CC(=O)OCC(=O)N1CC2C=C(c3ccc4c(n3)n(C)c(=O)n4CC(C)(C)C)CC2C1. The van der Waals surface area contributed by atoms with E-state index < -0.39 is 5.97 Å². The number of hydrogen-bond donors (Lipinski definition) is 0. The lowest BCUT2D eigenvalue weighted by Crippen LogP contribution is -2.33. The number of ether oxygens (including phenoxy) is 1. The first-order valence-corrected chi connectivity index (χ1v) is 10.7. The maximum atomic E-state index is 12.8. The van der Waals surface area contributed by atoms with Gasteiger partial charge >= 0.3 is 11.7 Å². The number of amides is 1. The van der Waals surface area contributed by atoms with E-state index in [-0.39, 0.29) is 29.5 Å². The smallest absolute Gasteiger partial charge is 0.330 e. The van der Waals surface area contributed by atoms with Gasteiger partial charge in [0, 0.05) is 33.6 Å². The number of carbonyl (C=O) groups excluding carboxylic acids is 2. The predicted molar refractivity (Wildman–Crippen MR) is 117 cm³/mol. The number of aromatic nitrogens is 3. The van der Waals surface area contributed by atoms with Gasteiger partial charge < -0.3 is 9.64 Å². The van der Waals surface area contributed by atoms with Crippen LogP contribution in [-0.4, -0.2) is 50.6 Å². The van der Waals surface area contributed by atoms with E-state index in [2.05, 4.69) is 26.8 Å². The van der Waals surface area contributed by atoms with Gasteiger partial charge in [0.15, 0.2) is 12.3 Å². The van der Waals surface area contributed by atoms with E-state index in [9.17, 15) is 14.4 Å². The number of likely N-dealkylation sites (tertiary alicyclic amines) is 1. The number of pyridine rings is 1. The zero-order valence-corrected chi connectivity index (χ0v) is 18.8. The quantitative estimate of drug-likeness (QED) is 0.700. The summed E-state index contributed by atoms with van der Waals surface area (Å²) in [6, 6.07) is 3.99. The molecule has 4 rings (SSSR count). The highest BCUT2D eigenvalue weighted by Crippen LogP contribution is 2.40. The highest BCUT2D eigenvalue weighted by Gasteiger charge is 2.38. The van der Waals surface area contributed by atoms with Crippen LogP contribution in [0.2, 0.25) is 0 Å². The van der Waals surface area contributed by atoms with Crippen molar-refractivity contribution in [3.63, 3.8) is 0 Å². The average Bonchev–Trinajstić information content (AvgIpc) is 3.32. The first-order valence-electron chi connectivity index (χ1n) is 10.7. The lowest BCUT2D eigenvalue weighted by molar-refractivity contribution is -0.149. The van der Waals surface area contributed by atoms with Crippen molar-refractivity contribution >= 4 is 28.6 Å². The third kappa shape index (κ3) is 4.16. The van der Waals surface area contributed by atoms with Gasteiger partial charge in [0.2, 0.25) is 0 Å². The molecule has 2 aromatic heterocycles. The van der Waals surface area contributed by atoms with Gasteiger partial charge in [-0.2, -0.15) is 0 Å². The second kappa shape index (κ2) is 7.66. The summed E-state index contributed by atoms with van der Waals surface area (Å²) in [5.74, 6) is 0.0440. The second-order valence-corrected chi connectivity index (χ2v) is 9.93. The third-order valence-corrected chi connectivity index (χ3v) is 6.08. The Kier molecular flexibility index (Phi) is 5.27. The van der Waals surface area contributed by atoms with Crippen LogP contribution >= 0.6 is 0 Å². The van der Waals surface area contributed by atoms with Crippen molar-refractivity contribution in [2.45, 2.75) is 40.7 Å². The second-order valence-electron chi connectivity index (χ2n) is 9.93. The van der Waals surface area contributed by atoms with Crippen LogP contribution in [0.15, 0.2) is 23.0 Å². The van der Waals surface area contributed by atoms with Crippen LogP contribution in [0.1, 0.15) is 39.8 Å². The number of nitrogens with zero attached hydrogens (tertiary/aromatic N) is 4. The summed E-state index contributed by atoms with van der Waals surface area (Å²) in [6.45, 7) is 9.38. The largest absolute Gasteiger partial charge is 0.456 e. The Morgan fingerprint density at radius 3 is 2.61 bits per heavy atom. The van der Waals surface area contributed by atoms with Crippen LogP contribution < -0.4 is 5.69 Å². The maximum absolute atomic E-state index is 12.8.